The molecule has 0 saturated carbocycles. The Morgan fingerprint density at radius 3 is 0.860 bits per heavy atom. The average molecular weight is 555 g/mol. The molecular formula is C41H34N2. The normalized spacial score (nSPS) is 11.2. The van der Waals surface area contributed by atoms with E-state index in [1.165, 1.54) is 22.3 Å². The lowest BCUT2D eigenvalue weighted by atomic mass is 10.1. The first-order chi connectivity index (χ1) is 21.3. The third-order valence-electron chi connectivity index (χ3n) is 7.36. The Balaban J connectivity index is 1.29. The van der Waals surface area contributed by atoms with Crippen LogP contribution in [0.5, 0.6) is 0 Å². The quantitative estimate of drug-likeness (QED) is 0.123. The largest absolute Gasteiger partial charge is 0.323 e. The van der Waals surface area contributed by atoms with Crippen LogP contribution in [0.4, 0.5) is 22.7 Å². The van der Waals surface area contributed by atoms with Gasteiger partial charge >= 0.3 is 0 Å². The summed E-state index contributed by atoms with van der Waals surface area (Å²) in [5, 5.41) is 0. The molecule has 0 spiro atoms. The molecule has 2 heteroatoms. The van der Waals surface area contributed by atoms with Crippen molar-refractivity contribution in [2.24, 2.45) is 0 Å². The van der Waals surface area contributed by atoms with Crippen molar-refractivity contribution in [3.63, 3.8) is 0 Å². The lowest BCUT2D eigenvalue weighted by molar-refractivity contribution is 0.926. The van der Waals surface area contributed by atoms with Crippen LogP contribution in [-0.2, 0) is 0 Å². The van der Waals surface area contributed by atoms with Crippen LogP contribution in [-0.4, -0.2) is 6.67 Å². The van der Waals surface area contributed by atoms with E-state index in [-0.39, 0.29) is 0 Å². The topological polar surface area (TPSA) is 6.48 Å². The summed E-state index contributed by atoms with van der Waals surface area (Å²) < 4.78 is 0. The predicted octanol–water partition coefficient (Wildman–Crippen LogP) is 11.0. The summed E-state index contributed by atoms with van der Waals surface area (Å²) in [6, 6.07) is 59.6. The van der Waals surface area contributed by atoms with Crippen molar-refractivity contribution < 1.29 is 0 Å². The maximum atomic E-state index is 2.36. The summed E-state index contributed by atoms with van der Waals surface area (Å²) >= 11 is 0. The summed E-state index contributed by atoms with van der Waals surface area (Å²) in [5.41, 5.74) is 9.25. The number of hydrogen-bond donors (Lipinski definition) is 0. The van der Waals surface area contributed by atoms with Gasteiger partial charge in [0.2, 0.25) is 0 Å². The molecule has 0 fully saturated rings. The smallest absolute Gasteiger partial charge is 0.0999 e. The van der Waals surface area contributed by atoms with Crippen LogP contribution in [0.3, 0.4) is 0 Å². The van der Waals surface area contributed by atoms with Gasteiger partial charge in [-0.1, -0.05) is 146 Å². The van der Waals surface area contributed by atoms with E-state index in [1.807, 2.05) is 12.1 Å². The molecule has 6 rings (SSSR count). The van der Waals surface area contributed by atoms with E-state index < -0.39 is 0 Å². The maximum Gasteiger partial charge on any atom is 0.0999 e. The zero-order valence-electron chi connectivity index (χ0n) is 24.1. The molecule has 208 valence electrons. The molecule has 0 heterocycles. The second-order valence-corrected chi connectivity index (χ2v) is 10.3. The zero-order valence-corrected chi connectivity index (χ0v) is 24.1. The summed E-state index contributed by atoms with van der Waals surface area (Å²) in [6.07, 6.45) is 8.63. The lowest BCUT2D eigenvalue weighted by Crippen LogP contribution is -2.32. The van der Waals surface area contributed by atoms with Gasteiger partial charge in [-0.25, -0.2) is 0 Å². The Labute approximate surface area is 255 Å². The molecule has 0 amide bonds. The fraction of sp³-hybridized carbons (Fsp3) is 0.0244. The van der Waals surface area contributed by atoms with Crippen molar-refractivity contribution in [3.8, 4) is 0 Å². The second-order valence-electron chi connectivity index (χ2n) is 10.3. The first kappa shape index (κ1) is 27.6. The van der Waals surface area contributed by atoms with E-state index in [1.54, 1.807) is 0 Å². The molecule has 0 radical (unpaired) electrons. The van der Waals surface area contributed by atoms with Crippen LogP contribution in [0.15, 0.2) is 170 Å². The molecule has 0 aliphatic rings. The molecule has 6 aromatic rings. The van der Waals surface area contributed by atoms with Crippen LogP contribution in [0.2, 0.25) is 0 Å². The molecule has 0 unspecified atom stereocenters. The van der Waals surface area contributed by atoms with Crippen molar-refractivity contribution in [1.29, 1.82) is 0 Å². The highest BCUT2D eigenvalue weighted by Gasteiger charge is 2.17. The number of para-hydroxylation sites is 2. The molecule has 43 heavy (non-hydrogen) atoms. The van der Waals surface area contributed by atoms with Gasteiger partial charge in [0.05, 0.1) is 6.67 Å². The minimum absolute atomic E-state index is 0.645. The number of anilines is 4. The van der Waals surface area contributed by atoms with E-state index >= 15 is 0 Å². The minimum Gasteiger partial charge on any atom is -0.323 e. The van der Waals surface area contributed by atoms with E-state index in [0.29, 0.717) is 6.67 Å². The van der Waals surface area contributed by atoms with Gasteiger partial charge in [0.25, 0.3) is 0 Å². The highest BCUT2D eigenvalue weighted by molar-refractivity contribution is 5.75. The Kier molecular flexibility index (Phi) is 8.87. The maximum absolute atomic E-state index is 2.36. The standard InChI is InChI=1S/C41H34N2/c1-5-13-34(14-6-1)21-23-36-25-29-40(30-26-36)42(38-17-9-3-10-18-38)33-43(39-19-11-4-12-20-39)41-31-27-37(28-32-41)24-22-35-15-7-2-8-16-35/h1-32H,33H2/b23-21+,24-22+. The number of benzene rings is 6. The SMILES string of the molecule is C(=C\c1ccc(N(CN(c2ccccc2)c2ccc(/C=C/c3ccccc3)cc2)c2ccccc2)cc1)/c1ccccc1. The summed E-state index contributed by atoms with van der Waals surface area (Å²) in [4.78, 5) is 4.72. The third-order valence-corrected chi connectivity index (χ3v) is 7.36. The minimum atomic E-state index is 0.645. The van der Waals surface area contributed by atoms with Crippen molar-refractivity contribution in [2.75, 3.05) is 16.5 Å². The molecule has 0 atom stereocenters. The van der Waals surface area contributed by atoms with Crippen molar-refractivity contribution >= 4 is 47.1 Å². The Bertz CT molecular complexity index is 1610. The molecule has 0 saturated heterocycles. The monoisotopic (exact) mass is 554 g/mol. The third kappa shape index (κ3) is 7.38. The average Bonchev–Trinajstić information content (AvgIpc) is 3.09. The zero-order chi connectivity index (χ0) is 29.1. The van der Waals surface area contributed by atoms with E-state index in [4.69, 9.17) is 0 Å². The van der Waals surface area contributed by atoms with E-state index in [9.17, 15) is 0 Å². The van der Waals surface area contributed by atoms with Crippen LogP contribution in [0.1, 0.15) is 22.3 Å². The highest BCUT2D eigenvalue weighted by atomic mass is 15.3. The van der Waals surface area contributed by atoms with Gasteiger partial charge in [-0.05, 0) is 70.8 Å². The first-order valence-corrected chi connectivity index (χ1v) is 14.6. The van der Waals surface area contributed by atoms with Gasteiger partial charge in [-0.15, -0.1) is 0 Å². The van der Waals surface area contributed by atoms with Gasteiger partial charge < -0.3 is 9.80 Å². The van der Waals surface area contributed by atoms with Crippen LogP contribution in [0, 0.1) is 0 Å². The predicted molar refractivity (Wildman–Crippen MR) is 186 cm³/mol. The van der Waals surface area contributed by atoms with E-state index in [0.717, 1.165) is 22.7 Å². The summed E-state index contributed by atoms with van der Waals surface area (Å²) in [7, 11) is 0. The number of rotatable bonds is 10. The van der Waals surface area contributed by atoms with Gasteiger partial charge in [-0.2, -0.15) is 0 Å². The number of hydrogen-bond acceptors (Lipinski definition) is 2. The molecule has 2 nitrogen and oxygen atoms in total. The summed E-state index contributed by atoms with van der Waals surface area (Å²) in [5.74, 6) is 0. The fourth-order valence-corrected chi connectivity index (χ4v) is 5.03. The number of nitrogens with zero attached hydrogens (tertiary/aromatic N) is 2. The van der Waals surface area contributed by atoms with Gasteiger partial charge in [0.1, 0.15) is 0 Å². The van der Waals surface area contributed by atoms with Gasteiger partial charge in [-0.3, -0.25) is 0 Å². The molecular weight excluding hydrogens is 520 g/mol. The molecule has 0 bridgehead atoms. The van der Waals surface area contributed by atoms with Gasteiger partial charge in [0.15, 0.2) is 0 Å². The molecule has 0 aliphatic carbocycles. The van der Waals surface area contributed by atoms with Crippen LogP contribution in [0.25, 0.3) is 24.3 Å². The Morgan fingerprint density at radius 1 is 0.279 bits per heavy atom. The second kappa shape index (κ2) is 13.8. The highest BCUT2D eigenvalue weighted by Crippen LogP contribution is 2.32. The van der Waals surface area contributed by atoms with Crippen molar-refractivity contribution in [2.45, 2.75) is 0 Å². The van der Waals surface area contributed by atoms with E-state index in [2.05, 4.69) is 192 Å². The molecule has 0 aliphatic heterocycles. The first-order valence-electron chi connectivity index (χ1n) is 14.6. The fourth-order valence-electron chi connectivity index (χ4n) is 5.03. The summed E-state index contributed by atoms with van der Waals surface area (Å²) in [6.45, 7) is 0.645. The Hall–Kier alpha value is -5.60. The molecule has 0 N–H and O–H groups in total. The van der Waals surface area contributed by atoms with Crippen LogP contribution < -0.4 is 9.80 Å². The van der Waals surface area contributed by atoms with Gasteiger partial charge in [0, 0.05) is 22.7 Å². The molecule has 6 aromatic carbocycles. The lowest BCUT2D eigenvalue weighted by Gasteiger charge is -2.34. The van der Waals surface area contributed by atoms with Crippen molar-refractivity contribution in [3.05, 3.63) is 192 Å². The molecule has 0 aromatic heterocycles. The van der Waals surface area contributed by atoms with Crippen molar-refractivity contribution in [1.82, 2.24) is 0 Å². The van der Waals surface area contributed by atoms with Crippen LogP contribution >= 0.6 is 0 Å². The Morgan fingerprint density at radius 2 is 0.535 bits per heavy atom.